The molecule has 0 aliphatic rings. The molecule has 0 aliphatic carbocycles. The summed E-state index contributed by atoms with van der Waals surface area (Å²) >= 11 is 7.55. The van der Waals surface area contributed by atoms with Gasteiger partial charge in [-0.15, -0.1) is 0 Å². The number of halogens is 8. The number of imidazole rings is 1. The van der Waals surface area contributed by atoms with Crippen molar-refractivity contribution in [3.05, 3.63) is 99.8 Å². The van der Waals surface area contributed by atoms with Crippen LogP contribution in [0.1, 0.15) is 44.0 Å². The molecule has 318 valence electrons. The molecule has 1 atom stereocenters. The van der Waals surface area contributed by atoms with Crippen molar-refractivity contribution in [3.8, 4) is 11.4 Å². The largest absolute Gasteiger partial charge is 0.542 e. The van der Waals surface area contributed by atoms with Crippen LogP contribution >= 0.6 is 23.4 Å². The van der Waals surface area contributed by atoms with Gasteiger partial charge in [-0.2, -0.15) is 21.9 Å². The molecule has 0 amide bonds. The number of sulfonamides is 1. The third-order valence-corrected chi connectivity index (χ3v) is 12.0. The first-order chi connectivity index (χ1) is 26.6. The van der Waals surface area contributed by atoms with Crippen molar-refractivity contribution in [2.45, 2.75) is 60.6 Å². The lowest BCUT2D eigenvalue weighted by molar-refractivity contribution is -0.870. The molecular formula is C37H40ClF7N4O7S2. The summed E-state index contributed by atoms with van der Waals surface area (Å²) in [6.07, 6.45) is -3.32. The summed E-state index contributed by atoms with van der Waals surface area (Å²) in [6, 6.07) is 8.41. The van der Waals surface area contributed by atoms with Gasteiger partial charge in [0.2, 0.25) is 15.8 Å². The number of carbonyl (C=O) groups is 2. The normalized spacial score (nSPS) is 12.9. The minimum absolute atomic E-state index is 0.0386. The Balaban J connectivity index is 0.00000117. The van der Waals surface area contributed by atoms with Gasteiger partial charge in [-0.1, -0.05) is 37.2 Å². The number of quaternary nitrogens is 1. The minimum Gasteiger partial charge on any atom is -0.542 e. The Kier molecular flexibility index (Phi) is 15.5. The van der Waals surface area contributed by atoms with Crippen LogP contribution in [0, 0.1) is 23.3 Å². The predicted octanol–water partition coefficient (Wildman–Crippen LogP) is 6.57. The van der Waals surface area contributed by atoms with E-state index >= 15 is 4.39 Å². The number of carboxylic acids is 2. The lowest BCUT2D eigenvalue weighted by Gasteiger charge is -2.29. The monoisotopic (exact) mass is 884 g/mol. The zero-order valence-electron chi connectivity index (χ0n) is 32.1. The maximum Gasteiger partial charge on any atom is 0.430 e. The predicted molar refractivity (Wildman–Crippen MR) is 199 cm³/mol. The van der Waals surface area contributed by atoms with Crippen molar-refractivity contribution in [2.24, 2.45) is 0 Å². The Labute approximate surface area is 339 Å². The number of rotatable bonds is 15. The number of alkyl halides is 3. The van der Waals surface area contributed by atoms with Gasteiger partial charge < -0.3 is 24.2 Å². The topological polar surface area (TPSA) is 142 Å². The van der Waals surface area contributed by atoms with Crippen LogP contribution < -0.4 is 9.84 Å². The van der Waals surface area contributed by atoms with Crippen LogP contribution in [0.2, 0.25) is 5.02 Å². The van der Waals surface area contributed by atoms with Crippen LogP contribution in [0.15, 0.2) is 64.8 Å². The molecular weight excluding hydrogens is 845 g/mol. The summed E-state index contributed by atoms with van der Waals surface area (Å²) < 4.78 is 126. The SMILES string of the molecule is COc1cc(C(C)(C)c2cnc(SCc3c(F)cc(S(=O)(=O)N(CCC[N+](C)(C)C)[C@H](C)C(=O)O)cc3Cl)n2-c2ccc(F)cc2)cc(F)c1F.O=C([O-])C(F)(F)F. The van der Waals surface area contributed by atoms with Gasteiger partial charge in [0.05, 0.1) is 51.6 Å². The molecule has 58 heavy (non-hydrogen) atoms. The standard InChI is InChI=1S/C35H39ClF4N4O5S2.C2HF3O2/c1-21(33(45)46)42(13-8-14-44(4,5)6)51(47,48)25-17-27(36)26(28(38)18-25)20-50-34-41-19-31(43(34)24-11-9-23(37)10-12-24)35(2,3)22-15-29(39)32(40)30(16-22)49-7;3-2(4,5)1(6)7/h9-12,15-19,21H,8,13-14,20H2,1-7H3;(H,6,7)/t21-;/m1./s1. The number of thioether (sulfide) groups is 1. The average Bonchev–Trinajstić information content (AvgIpc) is 3.55. The first-order valence-corrected chi connectivity index (χ1v) is 19.8. The molecule has 1 heterocycles. The Morgan fingerprint density at radius 1 is 1.03 bits per heavy atom. The molecule has 0 saturated carbocycles. The van der Waals surface area contributed by atoms with Crippen molar-refractivity contribution < 1.29 is 68.2 Å². The van der Waals surface area contributed by atoms with Crippen LogP contribution in [0.4, 0.5) is 30.7 Å². The van der Waals surface area contributed by atoms with Crippen molar-refractivity contribution in [2.75, 3.05) is 41.3 Å². The van der Waals surface area contributed by atoms with Gasteiger partial charge in [-0.3, -0.25) is 9.36 Å². The molecule has 0 unspecified atom stereocenters. The van der Waals surface area contributed by atoms with Gasteiger partial charge in [0, 0.05) is 40.4 Å². The molecule has 4 rings (SSSR count). The lowest BCUT2D eigenvalue weighted by Crippen LogP contribution is -2.45. The fourth-order valence-electron chi connectivity index (χ4n) is 5.42. The Morgan fingerprint density at radius 3 is 2.12 bits per heavy atom. The molecule has 1 aromatic heterocycles. The molecule has 0 radical (unpaired) electrons. The Bertz CT molecular complexity index is 2210. The van der Waals surface area contributed by atoms with E-state index in [0.29, 0.717) is 39.5 Å². The van der Waals surface area contributed by atoms with Gasteiger partial charge in [0.15, 0.2) is 16.7 Å². The van der Waals surface area contributed by atoms with Crippen molar-refractivity contribution in [1.82, 2.24) is 13.9 Å². The molecule has 21 heteroatoms. The van der Waals surface area contributed by atoms with Gasteiger partial charge >= 0.3 is 12.1 Å². The summed E-state index contributed by atoms with van der Waals surface area (Å²) in [6.45, 7) is 5.22. The molecule has 0 aliphatic heterocycles. The highest BCUT2D eigenvalue weighted by Crippen LogP contribution is 2.40. The van der Waals surface area contributed by atoms with Gasteiger partial charge in [-0.25, -0.2) is 26.6 Å². The third-order valence-electron chi connectivity index (χ3n) is 8.69. The van der Waals surface area contributed by atoms with E-state index in [1.165, 1.54) is 50.6 Å². The third kappa shape index (κ3) is 11.6. The summed E-state index contributed by atoms with van der Waals surface area (Å²) in [7, 11) is 2.50. The van der Waals surface area contributed by atoms with E-state index in [0.717, 1.165) is 34.3 Å². The number of aliphatic carboxylic acids is 2. The fraction of sp³-hybridized carbons (Fsp3) is 0.378. The highest BCUT2D eigenvalue weighted by atomic mass is 35.5. The number of carbonyl (C=O) groups excluding carboxylic acids is 1. The van der Waals surface area contributed by atoms with Crippen molar-refractivity contribution in [1.29, 1.82) is 0 Å². The lowest BCUT2D eigenvalue weighted by atomic mass is 9.81. The van der Waals surface area contributed by atoms with Crippen LogP contribution in [-0.4, -0.2) is 97.4 Å². The number of hydrogen-bond donors (Lipinski definition) is 1. The highest BCUT2D eigenvalue weighted by Gasteiger charge is 2.35. The second kappa shape index (κ2) is 18.7. The summed E-state index contributed by atoms with van der Waals surface area (Å²) in [4.78, 5) is 24.7. The molecule has 4 aromatic rings. The van der Waals surface area contributed by atoms with E-state index in [1.54, 1.807) is 18.4 Å². The number of carboxylic acid groups (broad SMARTS) is 2. The zero-order valence-corrected chi connectivity index (χ0v) is 34.5. The average molecular weight is 885 g/mol. The molecule has 3 aromatic carbocycles. The number of hydrogen-bond acceptors (Lipinski definition) is 8. The fourth-order valence-corrected chi connectivity index (χ4v) is 8.53. The van der Waals surface area contributed by atoms with E-state index in [9.17, 15) is 44.7 Å². The number of methoxy groups -OCH3 is 1. The van der Waals surface area contributed by atoms with Gasteiger partial charge in [0.1, 0.15) is 23.6 Å². The maximum atomic E-state index is 15.8. The van der Waals surface area contributed by atoms with E-state index in [2.05, 4.69) is 4.98 Å². The van der Waals surface area contributed by atoms with Gasteiger partial charge in [-0.05, 0) is 61.0 Å². The number of aromatic nitrogens is 2. The zero-order chi connectivity index (χ0) is 44.1. The van der Waals surface area contributed by atoms with Crippen LogP contribution in [-0.2, 0) is 30.8 Å². The molecule has 11 nitrogen and oxygen atoms in total. The molecule has 0 fully saturated rings. The molecule has 1 N–H and O–H groups in total. The first kappa shape index (κ1) is 48.0. The second-order valence-corrected chi connectivity index (χ2v) is 17.5. The van der Waals surface area contributed by atoms with E-state index in [-0.39, 0.29) is 28.6 Å². The van der Waals surface area contributed by atoms with Crippen molar-refractivity contribution in [3.63, 3.8) is 0 Å². The second-order valence-electron chi connectivity index (χ2n) is 14.3. The summed E-state index contributed by atoms with van der Waals surface area (Å²) in [5.41, 5.74) is 0.262. The van der Waals surface area contributed by atoms with E-state index in [1.807, 2.05) is 21.1 Å². The summed E-state index contributed by atoms with van der Waals surface area (Å²) in [5, 5.41) is 18.5. The molecule has 0 saturated heterocycles. The Morgan fingerprint density at radius 2 is 1.62 bits per heavy atom. The molecule has 0 bridgehead atoms. The van der Waals surface area contributed by atoms with Crippen LogP contribution in [0.5, 0.6) is 5.75 Å². The molecule has 0 spiro atoms. The Hall–Kier alpha value is -4.37. The minimum atomic E-state index is -5.19. The van der Waals surface area contributed by atoms with Gasteiger partial charge in [0.25, 0.3) is 0 Å². The van der Waals surface area contributed by atoms with E-state index < -0.39 is 67.8 Å². The van der Waals surface area contributed by atoms with Crippen molar-refractivity contribution >= 4 is 45.3 Å². The number of benzene rings is 3. The summed E-state index contributed by atoms with van der Waals surface area (Å²) in [5.74, 6) is -8.45. The van der Waals surface area contributed by atoms with Crippen LogP contribution in [0.25, 0.3) is 5.69 Å². The first-order valence-electron chi connectivity index (χ1n) is 16.9. The number of ether oxygens (including phenoxy) is 1. The smallest absolute Gasteiger partial charge is 0.430 e. The number of nitrogens with zero attached hydrogens (tertiary/aromatic N) is 4. The van der Waals surface area contributed by atoms with E-state index in [4.69, 9.17) is 26.2 Å². The quantitative estimate of drug-likeness (QED) is 0.0798. The maximum absolute atomic E-state index is 15.8. The van der Waals surface area contributed by atoms with Crippen LogP contribution in [0.3, 0.4) is 0 Å². The highest BCUT2D eigenvalue weighted by molar-refractivity contribution is 7.98.